The molecule has 13 heteroatoms. The molecular formula is C30H62O12Si. The highest BCUT2D eigenvalue weighted by atomic mass is 28.4. The zero-order valence-corrected chi connectivity index (χ0v) is 29.3. The van der Waals surface area contributed by atoms with Crippen LogP contribution in [-0.4, -0.2) is 145 Å². The highest BCUT2D eigenvalue weighted by Gasteiger charge is 2.36. The smallest absolute Gasteiger partial charge is 0.332 e. The van der Waals surface area contributed by atoms with Gasteiger partial charge >= 0.3 is 5.97 Å². The van der Waals surface area contributed by atoms with Crippen LogP contribution in [0.1, 0.15) is 41.5 Å². The van der Waals surface area contributed by atoms with Crippen molar-refractivity contribution >= 4 is 14.3 Å². The summed E-state index contributed by atoms with van der Waals surface area (Å²) in [6.45, 7) is 25.5. The van der Waals surface area contributed by atoms with Gasteiger partial charge in [-0.2, -0.15) is 0 Å². The maximum absolute atomic E-state index is 11.5. The van der Waals surface area contributed by atoms with Crippen molar-refractivity contribution in [3.8, 4) is 0 Å². The van der Waals surface area contributed by atoms with Gasteiger partial charge in [0.1, 0.15) is 12.2 Å². The molecule has 0 spiro atoms. The zero-order chi connectivity index (χ0) is 32.3. The van der Waals surface area contributed by atoms with Crippen molar-refractivity contribution in [2.24, 2.45) is 0 Å². The molecule has 0 aromatic heterocycles. The lowest BCUT2D eigenvalue weighted by Crippen LogP contribution is -2.41. The molecule has 0 aliphatic carbocycles. The molecule has 0 atom stereocenters. The van der Waals surface area contributed by atoms with Crippen LogP contribution in [0.4, 0.5) is 0 Å². The monoisotopic (exact) mass is 642 g/mol. The molecule has 0 amide bonds. The van der Waals surface area contributed by atoms with Gasteiger partial charge in [0.05, 0.1) is 119 Å². The highest BCUT2D eigenvalue weighted by molar-refractivity contribution is 6.74. The van der Waals surface area contributed by atoms with E-state index in [0.717, 1.165) is 0 Å². The fraction of sp³-hybridized carbons (Fsp3) is 0.967. The van der Waals surface area contributed by atoms with Crippen molar-refractivity contribution in [2.45, 2.75) is 65.3 Å². The van der Waals surface area contributed by atoms with Crippen molar-refractivity contribution in [1.29, 1.82) is 0 Å². The predicted octanol–water partition coefficient (Wildman–Crippen LogP) is 3.50. The third-order valence-corrected chi connectivity index (χ3v) is 10.7. The summed E-state index contributed by atoms with van der Waals surface area (Å²) in [6.07, 6.45) is 0. The van der Waals surface area contributed by atoms with Gasteiger partial charge in [0.15, 0.2) is 8.32 Å². The Labute approximate surface area is 261 Å². The average Bonchev–Trinajstić information content (AvgIpc) is 2.90. The first-order chi connectivity index (χ1) is 20.4. The van der Waals surface area contributed by atoms with Gasteiger partial charge in [0.25, 0.3) is 0 Å². The van der Waals surface area contributed by atoms with Crippen molar-refractivity contribution in [3.63, 3.8) is 0 Å². The molecule has 0 saturated heterocycles. The molecule has 0 radical (unpaired) electrons. The second-order valence-corrected chi connectivity index (χ2v) is 17.0. The van der Waals surface area contributed by atoms with Crippen LogP contribution in [0.5, 0.6) is 0 Å². The summed E-state index contributed by atoms with van der Waals surface area (Å²) in [6, 6.07) is 0. The molecule has 0 heterocycles. The van der Waals surface area contributed by atoms with Crippen LogP contribution >= 0.6 is 0 Å². The first kappa shape index (κ1) is 42.3. The SMILES string of the molecule is CC(C)(C)OC(=O)COCCOCCOCCOCCOCCOCCOCCOCCOCCO[Si](C)(C)C(C)(C)C. The maximum atomic E-state index is 11.5. The van der Waals surface area contributed by atoms with Gasteiger partial charge in [0.2, 0.25) is 0 Å². The van der Waals surface area contributed by atoms with Crippen LogP contribution in [0.3, 0.4) is 0 Å². The van der Waals surface area contributed by atoms with Crippen molar-refractivity contribution < 1.29 is 56.6 Å². The summed E-state index contributed by atoms with van der Waals surface area (Å²) in [7, 11) is -1.70. The molecule has 0 aromatic carbocycles. The van der Waals surface area contributed by atoms with Crippen LogP contribution < -0.4 is 0 Å². The highest BCUT2D eigenvalue weighted by Crippen LogP contribution is 2.36. The summed E-state index contributed by atoms with van der Waals surface area (Å²) in [4.78, 5) is 11.5. The van der Waals surface area contributed by atoms with E-state index in [1.165, 1.54) is 0 Å². The number of hydrogen-bond donors (Lipinski definition) is 0. The molecule has 0 N–H and O–H groups in total. The molecule has 0 fully saturated rings. The van der Waals surface area contributed by atoms with Gasteiger partial charge in [0, 0.05) is 0 Å². The molecule has 0 aromatic rings. The van der Waals surface area contributed by atoms with Gasteiger partial charge < -0.3 is 51.8 Å². The number of carbonyl (C=O) groups excluding carboxylic acids is 1. The van der Waals surface area contributed by atoms with E-state index in [0.29, 0.717) is 119 Å². The van der Waals surface area contributed by atoms with E-state index in [-0.39, 0.29) is 17.6 Å². The molecule has 12 nitrogen and oxygen atoms in total. The lowest BCUT2D eigenvalue weighted by Gasteiger charge is -2.36. The average molecular weight is 643 g/mol. The summed E-state index contributed by atoms with van der Waals surface area (Å²) >= 11 is 0. The second kappa shape index (κ2) is 26.5. The number of rotatable bonds is 30. The van der Waals surface area contributed by atoms with E-state index in [1.54, 1.807) is 0 Å². The first-order valence-electron chi connectivity index (χ1n) is 15.4. The number of ether oxygens (including phenoxy) is 10. The largest absolute Gasteiger partial charge is 0.458 e. The van der Waals surface area contributed by atoms with E-state index < -0.39 is 13.9 Å². The molecule has 0 aliphatic heterocycles. The number of carbonyl (C=O) groups is 1. The van der Waals surface area contributed by atoms with E-state index in [2.05, 4.69) is 33.9 Å². The summed E-state index contributed by atoms with van der Waals surface area (Å²) in [5, 5.41) is 0.215. The van der Waals surface area contributed by atoms with Gasteiger partial charge in [-0.3, -0.25) is 0 Å². The Morgan fingerprint density at radius 1 is 0.442 bits per heavy atom. The molecule has 0 rings (SSSR count). The Morgan fingerprint density at radius 2 is 0.698 bits per heavy atom. The molecule has 43 heavy (non-hydrogen) atoms. The number of hydrogen-bond acceptors (Lipinski definition) is 12. The molecule has 0 aliphatic rings. The molecule has 0 unspecified atom stereocenters. The Balaban J connectivity index is 3.19. The summed E-state index contributed by atoms with van der Waals surface area (Å²) in [5.41, 5.74) is -0.508. The Kier molecular flexibility index (Phi) is 26.1. The summed E-state index contributed by atoms with van der Waals surface area (Å²) in [5.74, 6) is -0.384. The van der Waals surface area contributed by atoms with Crippen molar-refractivity contribution in [2.75, 3.05) is 126 Å². The van der Waals surface area contributed by atoms with Gasteiger partial charge in [-0.05, 0) is 38.9 Å². The lowest BCUT2D eigenvalue weighted by molar-refractivity contribution is -0.160. The molecule has 0 saturated carbocycles. The van der Waals surface area contributed by atoms with Gasteiger partial charge in [-0.25, -0.2) is 4.79 Å². The first-order valence-corrected chi connectivity index (χ1v) is 18.3. The van der Waals surface area contributed by atoms with Crippen LogP contribution in [0.15, 0.2) is 0 Å². The quantitative estimate of drug-likeness (QED) is 0.0648. The van der Waals surface area contributed by atoms with E-state index in [9.17, 15) is 4.79 Å². The Bertz CT molecular complexity index is 638. The van der Waals surface area contributed by atoms with E-state index >= 15 is 0 Å². The second-order valence-electron chi connectivity index (χ2n) is 12.1. The third-order valence-electron chi connectivity index (χ3n) is 6.11. The normalized spacial score (nSPS) is 12.7. The predicted molar refractivity (Wildman–Crippen MR) is 166 cm³/mol. The lowest BCUT2D eigenvalue weighted by atomic mass is 10.2. The van der Waals surface area contributed by atoms with Gasteiger partial charge in [-0.1, -0.05) is 20.8 Å². The van der Waals surface area contributed by atoms with Gasteiger partial charge in [-0.15, -0.1) is 0 Å². The van der Waals surface area contributed by atoms with Crippen LogP contribution in [0, 0.1) is 0 Å². The van der Waals surface area contributed by atoms with E-state index in [4.69, 9.17) is 51.8 Å². The third kappa shape index (κ3) is 29.7. The summed E-state index contributed by atoms with van der Waals surface area (Å²) < 4.78 is 60.2. The fourth-order valence-electron chi connectivity index (χ4n) is 2.86. The molecule has 0 bridgehead atoms. The molecule has 258 valence electrons. The van der Waals surface area contributed by atoms with Crippen LogP contribution in [0.25, 0.3) is 0 Å². The van der Waals surface area contributed by atoms with Crippen molar-refractivity contribution in [1.82, 2.24) is 0 Å². The van der Waals surface area contributed by atoms with Crippen molar-refractivity contribution in [3.05, 3.63) is 0 Å². The molecular weight excluding hydrogens is 580 g/mol. The minimum atomic E-state index is -1.70. The standard InChI is InChI=1S/C30H62O12Si/c1-29(2,3)42-28(31)27-40-24-23-38-20-19-36-16-15-34-12-11-32-9-10-33-13-14-35-17-18-37-21-22-39-25-26-41-43(7,8)30(4,5)6/h9-27H2,1-8H3. The van der Waals surface area contributed by atoms with Crippen LogP contribution in [0.2, 0.25) is 18.1 Å². The fourth-order valence-corrected chi connectivity index (χ4v) is 3.88. The maximum Gasteiger partial charge on any atom is 0.332 e. The Hall–Kier alpha value is -0.713. The van der Waals surface area contributed by atoms with E-state index in [1.807, 2.05) is 20.8 Å². The minimum Gasteiger partial charge on any atom is -0.458 e. The van der Waals surface area contributed by atoms with Crippen LogP contribution in [-0.2, 0) is 56.6 Å². The minimum absolute atomic E-state index is 0.0797. The Morgan fingerprint density at radius 3 is 0.953 bits per heavy atom. The zero-order valence-electron chi connectivity index (χ0n) is 28.3. The number of esters is 1. The topological polar surface area (TPSA) is 119 Å².